The van der Waals surface area contributed by atoms with E-state index in [0.717, 1.165) is 6.07 Å². The maximum Gasteiger partial charge on any atom is 0.433 e. The standard InChI is InChI=1S/C28H28ClF3N4O3/c1-39-21-4-2-3-20(13-21)36-15-16(11-26(36)37)27(38)34-19-8-6-18(7-9-19)33-24-14-25(28(30,31)32)35-23-10-5-17(29)12-22(23)24/h2-5,10,12-14,16,18-19H,6-9,11,15H2,1H3,(H,33,35)(H,34,38). The topological polar surface area (TPSA) is 83.6 Å². The number of amides is 2. The zero-order valence-electron chi connectivity index (χ0n) is 21.2. The number of rotatable bonds is 6. The number of anilines is 2. The number of fused-ring (bicyclic) bond motifs is 1. The minimum atomic E-state index is -4.57. The Kier molecular flexibility index (Phi) is 7.57. The van der Waals surface area contributed by atoms with Crippen molar-refractivity contribution in [2.75, 3.05) is 23.9 Å². The van der Waals surface area contributed by atoms with Crippen LogP contribution in [0.15, 0.2) is 48.5 Å². The molecule has 1 unspecified atom stereocenters. The summed E-state index contributed by atoms with van der Waals surface area (Å²) in [5.41, 5.74) is 0.283. The Hall–Kier alpha value is -3.53. The first-order chi connectivity index (χ1) is 18.6. The van der Waals surface area contributed by atoms with E-state index in [2.05, 4.69) is 15.6 Å². The van der Waals surface area contributed by atoms with Crippen molar-refractivity contribution < 1.29 is 27.5 Å². The third kappa shape index (κ3) is 6.06. The van der Waals surface area contributed by atoms with Gasteiger partial charge in [0.2, 0.25) is 11.8 Å². The minimum absolute atomic E-state index is 0.0640. The molecule has 2 amide bonds. The number of pyridine rings is 1. The highest BCUT2D eigenvalue weighted by Crippen LogP contribution is 2.35. The number of halogens is 4. The molecule has 7 nitrogen and oxygen atoms in total. The normalized spacial score (nSPS) is 21.7. The maximum absolute atomic E-state index is 13.4. The van der Waals surface area contributed by atoms with Crippen LogP contribution in [0.2, 0.25) is 5.02 Å². The van der Waals surface area contributed by atoms with Gasteiger partial charge in [0, 0.05) is 52.9 Å². The Bertz CT molecular complexity index is 1390. The molecule has 1 saturated carbocycles. The number of nitrogens with zero attached hydrogens (tertiary/aromatic N) is 2. The molecule has 39 heavy (non-hydrogen) atoms. The fraction of sp³-hybridized carbons (Fsp3) is 0.393. The second-order valence-corrected chi connectivity index (χ2v) is 10.5. The van der Waals surface area contributed by atoms with E-state index >= 15 is 0 Å². The summed E-state index contributed by atoms with van der Waals surface area (Å²) in [6.45, 7) is 0.300. The second-order valence-electron chi connectivity index (χ2n) is 10.0. The summed E-state index contributed by atoms with van der Waals surface area (Å²) < 4.78 is 45.6. The van der Waals surface area contributed by atoms with Crippen molar-refractivity contribution in [2.24, 2.45) is 5.92 Å². The summed E-state index contributed by atoms with van der Waals surface area (Å²) >= 11 is 6.10. The maximum atomic E-state index is 13.4. The molecular weight excluding hydrogens is 533 g/mol. The number of ether oxygens (including phenoxy) is 1. The van der Waals surface area contributed by atoms with Gasteiger partial charge in [-0.3, -0.25) is 9.59 Å². The second kappa shape index (κ2) is 10.9. The first kappa shape index (κ1) is 27.1. The van der Waals surface area contributed by atoms with Gasteiger partial charge < -0.3 is 20.3 Å². The Morgan fingerprint density at radius 3 is 2.54 bits per heavy atom. The lowest BCUT2D eigenvalue weighted by Crippen LogP contribution is -2.43. The number of aromatic nitrogens is 1. The quantitative estimate of drug-likeness (QED) is 0.398. The Morgan fingerprint density at radius 1 is 1.08 bits per heavy atom. The van der Waals surface area contributed by atoms with Gasteiger partial charge in [-0.1, -0.05) is 17.7 Å². The van der Waals surface area contributed by atoms with Crippen molar-refractivity contribution in [1.82, 2.24) is 10.3 Å². The monoisotopic (exact) mass is 560 g/mol. The molecule has 11 heteroatoms. The Morgan fingerprint density at radius 2 is 1.82 bits per heavy atom. The molecule has 206 valence electrons. The minimum Gasteiger partial charge on any atom is -0.497 e. The smallest absolute Gasteiger partial charge is 0.433 e. The van der Waals surface area contributed by atoms with Crippen molar-refractivity contribution in [1.29, 1.82) is 0 Å². The zero-order chi connectivity index (χ0) is 27.7. The van der Waals surface area contributed by atoms with Gasteiger partial charge in [-0.15, -0.1) is 0 Å². The fourth-order valence-electron chi connectivity index (χ4n) is 5.29. The number of benzene rings is 2. The molecule has 1 atom stereocenters. The first-order valence-electron chi connectivity index (χ1n) is 12.8. The van der Waals surface area contributed by atoms with Crippen LogP contribution in [-0.2, 0) is 15.8 Å². The number of methoxy groups -OCH3 is 1. The van der Waals surface area contributed by atoms with Crippen molar-refractivity contribution in [3.05, 3.63) is 59.2 Å². The predicted octanol–water partition coefficient (Wildman–Crippen LogP) is 5.81. The molecule has 2 heterocycles. The van der Waals surface area contributed by atoms with E-state index in [1.54, 1.807) is 36.3 Å². The molecular formula is C28H28ClF3N4O3. The molecule has 3 aromatic rings. The van der Waals surface area contributed by atoms with Crippen LogP contribution in [0.25, 0.3) is 10.9 Å². The van der Waals surface area contributed by atoms with Crippen LogP contribution < -0.4 is 20.3 Å². The number of hydrogen-bond acceptors (Lipinski definition) is 5. The number of nitrogens with one attached hydrogen (secondary N) is 2. The van der Waals surface area contributed by atoms with Gasteiger partial charge in [-0.2, -0.15) is 13.2 Å². The van der Waals surface area contributed by atoms with Gasteiger partial charge in [0.25, 0.3) is 0 Å². The molecule has 0 bridgehead atoms. The van der Waals surface area contributed by atoms with Crippen molar-refractivity contribution >= 4 is 45.7 Å². The summed E-state index contributed by atoms with van der Waals surface area (Å²) in [7, 11) is 1.56. The van der Waals surface area contributed by atoms with Crippen LogP contribution in [-0.4, -0.2) is 42.5 Å². The van der Waals surface area contributed by atoms with Crippen LogP contribution in [0, 0.1) is 5.92 Å². The van der Waals surface area contributed by atoms with Crippen LogP contribution in [0.5, 0.6) is 5.75 Å². The zero-order valence-corrected chi connectivity index (χ0v) is 22.0. The summed E-state index contributed by atoms with van der Waals surface area (Å²) in [4.78, 5) is 31.0. The molecule has 1 aromatic heterocycles. The number of carbonyl (C=O) groups excluding carboxylic acids is 2. The molecule has 2 N–H and O–H groups in total. The summed E-state index contributed by atoms with van der Waals surface area (Å²) in [5.74, 6) is -0.0849. The van der Waals surface area contributed by atoms with Gasteiger partial charge >= 0.3 is 6.18 Å². The number of alkyl halides is 3. The average molecular weight is 561 g/mol. The third-order valence-electron chi connectivity index (χ3n) is 7.36. The van der Waals surface area contributed by atoms with Gasteiger partial charge in [-0.25, -0.2) is 4.98 Å². The van der Waals surface area contributed by atoms with Crippen LogP contribution >= 0.6 is 11.6 Å². The molecule has 1 aliphatic carbocycles. The predicted molar refractivity (Wildman–Crippen MR) is 143 cm³/mol. The van der Waals surface area contributed by atoms with Crippen LogP contribution in [0.4, 0.5) is 24.5 Å². The van der Waals surface area contributed by atoms with E-state index in [4.69, 9.17) is 16.3 Å². The van der Waals surface area contributed by atoms with E-state index < -0.39 is 17.8 Å². The van der Waals surface area contributed by atoms with E-state index in [1.807, 2.05) is 6.07 Å². The van der Waals surface area contributed by atoms with Gasteiger partial charge in [0.1, 0.15) is 11.4 Å². The fourth-order valence-corrected chi connectivity index (χ4v) is 5.47. The van der Waals surface area contributed by atoms with E-state index in [0.29, 0.717) is 59.8 Å². The lowest BCUT2D eigenvalue weighted by molar-refractivity contribution is -0.141. The van der Waals surface area contributed by atoms with Gasteiger partial charge in [-0.05, 0) is 62.1 Å². The number of hydrogen-bond donors (Lipinski definition) is 2. The highest BCUT2D eigenvalue weighted by atomic mass is 35.5. The highest BCUT2D eigenvalue weighted by Gasteiger charge is 2.37. The first-order valence-corrected chi connectivity index (χ1v) is 13.2. The van der Waals surface area contributed by atoms with Crippen molar-refractivity contribution in [3.8, 4) is 5.75 Å². The van der Waals surface area contributed by atoms with E-state index in [1.165, 1.54) is 12.1 Å². The molecule has 5 rings (SSSR count). The van der Waals surface area contributed by atoms with E-state index in [-0.39, 0.29) is 35.8 Å². The lowest BCUT2D eigenvalue weighted by atomic mass is 9.90. The summed E-state index contributed by atoms with van der Waals surface area (Å²) in [6.07, 6.45) is -1.78. The largest absolute Gasteiger partial charge is 0.497 e. The third-order valence-corrected chi connectivity index (χ3v) is 7.59. The SMILES string of the molecule is COc1cccc(N2CC(C(=O)NC3CCC(Nc4cc(C(F)(F)F)nc5ccc(Cl)cc45)CC3)CC2=O)c1. The Balaban J connectivity index is 1.19. The highest BCUT2D eigenvalue weighted by molar-refractivity contribution is 6.31. The molecule has 0 spiro atoms. The molecule has 2 fully saturated rings. The van der Waals surface area contributed by atoms with Gasteiger partial charge in [0.05, 0.1) is 18.5 Å². The van der Waals surface area contributed by atoms with Crippen LogP contribution in [0.1, 0.15) is 37.8 Å². The summed E-state index contributed by atoms with van der Waals surface area (Å²) in [5, 5.41) is 7.28. The summed E-state index contributed by atoms with van der Waals surface area (Å²) in [6, 6.07) is 12.7. The molecule has 0 radical (unpaired) electrons. The average Bonchev–Trinajstić information content (AvgIpc) is 3.31. The molecule has 1 saturated heterocycles. The van der Waals surface area contributed by atoms with Gasteiger partial charge in [0.15, 0.2) is 0 Å². The number of carbonyl (C=O) groups is 2. The molecule has 1 aliphatic heterocycles. The van der Waals surface area contributed by atoms with Crippen molar-refractivity contribution in [3.63, 3.8) is 0 Å². The molecule has 2 aromatic carbocycles. The van der Waals surface area contributed by atoms with Crippen LogP contribution in [0.3, 0.4) is 0 Å². The van der Waals surface area contributed by atoms with Crippen molar-refractivity contribution in [2.45, 2.75) is 50.4 Å². The Labute approximate surface area is 228 Å². The van der Waals surface area contributed by atoms with E-state index in [9.17, 15) is 22.8 Å². The molecule has 2 aliphatic rings. The lowest BCUT2D eigenvalue weighted by Gasteiger charge is -2.31.